The minimum Gasteiger partial charge on any atom is -0.494 e. The molecule has 2 heterocycles. The summed E-state index contributed by atoms with van der Waals surface area (Å²) in [4.78, 5) is 18.5. The van der Waals surface area contributed by atoms with E-state index in [0.717, 1.165) is 53.9 Å². The predicted octanol–water partition coefficient (Wildman–Crippen LogP) is 3.26. The molecule has 1 saturated heterocycles. The molecule has 2 N–H and O–H groups in total. The summed E-state index contributed by atoms with van der Waals surface area (Å²) in [6.07, 6.45) is 1.84. The molecule has 0 saturated carbocycles. The zero-order valence-corrected chi connectivity index (χ0v) is 19.8. The van der Waals surface area contributed by atoms with E-state index in [1.807, 2.05) is 37.4 Å². The summed E-state index contributed by atoms with van der Waals surface area (Å²) < 4.78 is 25.6. The van der Waals surface area contributed by atoms with Gasteiger partial charge in [0, 0.05) is 48.3 Å². The number of methoxy groups -OCH3 is 1. The topological polar surface area (TPSA) is 75.7 Å². The van der Waals surface area contributed by atoms with Crippen molar-refractivity contribution in [1.82, 2.24) is 15.6 Å². The molecule has 4 rings (SSSR count). The highest BCUT2D eigenvalue weighted by atomic mass is 19.1. The Hall–Kier alpha value is -3.23. The Bertz CT molecular complexity index is 1140. The van der Waals surface area contributed by atoms with Crippen molar-refractivity contribution < 1.29 is 18.7 Å². The number of nitrogens with zero attached hydrogens (tertiary/aromatic N) is 2. The number of anilines is 1. The first-order chi connectivity index (χ1) is 16.6. The van der Waals surface area contributed by atoms with Crippen molar-refractivity contribution >= 4 is 22.9 Å². The van der Waals surface area contributed by atoms with Gasteiger partial charge in [-0.25, -0.2) is 9.37 Å². The number of aromatic nitrogens is 1. The number of likely N-dealkylation sites (N-methyl/N-ethyl adjacent to an activating group) is 2. The molecule has 34 heavy (non-hydrogen) atoms. The van der Waals surface area contributed by atoms with E-state index in [1.165, 1.54) is 13.2 Å². The number of benzene rings is 2. The molecular formula is C26H31FN4O3. The van der Waals surface area contributed by atoms with Crippen LogP contribution >= 0.6 is 0 Å². The fraction of sp³-hybridized carbons (Fsp3) is 0.385. The van der Waals surface area contributed by atoms with Crippen LogP contribution in [0.2, 0.25) is 0 Å². The van der Waals surface area contributed by atoms with Crippen molar-refractivity contribution in [2.24, 2.45) is 5.92 Å². The van der Waals surface area contributed by atoms with Crippen LogP contribution in [0.4, 0.5) is 10.1 Å². The molecule has 1 aliphatic heterocycles. The van der Waals surface area contributed by atoms with E-state index < -0.39 is 5.82 Å². The quantitative estimate of drug-likeness (QED) is 0.351. The van der Waals surface area contributed by atoms with Crippen molar-refractivity contribution in [2.45, 2.75) is 12.5 Å². The van der Waals surface area contributed by atoms with Gasteiger partial charge in [0.15, 0.2) is 11.6 Å². The number of fused-ring (bicyclic) bond motifs is 1. The molecule has 1 aromatic heterocycles. The van der Waals surface area contributed by atoms with Gasteiger partial charge in [-0.05, 0) is 56.9 Å². The summed E-state index contributed by atoms with van der Waals surface area (Å²) in [7, 11) is 5.14. The molecule has 1 unspecified atom stereocenters. The van der Waals surface area contributed by atoms with Crippen LogP contribution in [0.25, 0.3) is 22.2 Å². The third-order valence-electron chi connectivity index (χ3n) is 6.38. The molecule has 7 nitrogen and oxygen atoms in total. The van der Waals surface area contributed by atoms with E-state index in [4.69, 9.17) is 14.5 Å². The van der Waals surface area contributed by atoms with Crippen molar-refractivity contribution in [1.29, 1.82) is 0 Å². The second-order valence-corrected chi connectivity index (χ2v) is 8.45. The lowest BCUT2D eigenvalue weighted by atomic mass is 10.0. The molecule has 0 spiro atoms. The maximum Gasteiger partial charge on any atom is 0.165 e. The molecule has 180 valence electrons. The monoisotopic (exact) mass is 466 g/mol. The van der Waals surface area contributed by atoms with Crippen LogP contribution in [0.15, 0.2) is 42.5 Å². The first kappa shape index (κ1) is 23.9. The Morgan fingerprint density at radius 2 is 2.03 bits per heavy atom. The van der Waals surface area contributed by atoms with Crippen molar-refractivity contribution in [3.63, 3.8) is 0 Å². The van der Waals surface area contributed by atoms with Gasteiger partial charge in [-0.1, -0.05) is 0 Å². The fourth-order valence-electron chi connectivity index (χ4n) is 4.48. The Morgan fingerprint density at radius 3 is 2.71 bits per heavy atom. The molecule has 0 amide bonds. The SMILES string of the molecule is CNCCOc1ccc(-c2cc(N3CC[C@H](C(C=O)NC)C3)c3cc(F)c(OC)cc3n2)cc1. The maximum atomic E-state index is 14.7. The van der Waals surface area contributed by atoms with Crippen molar-refractivity contribution in [2.75, 3.05) is 52.3 Å². The van der Waals surface area contributed by atoms with Gasteiger partial charge in [-0.3, -0.25) is 0 Å². The molecular weight excluding hydrogens is 435 g/mol. The molecule has 0 bridgehead atoms. The first-order valence-electron chi connectivity index (χ1n) is 11.5. The summed E-state index contributed by atoms with van der Waals surface area (Å²) in [5, 5.41) is 6.87. The maximum absolute atomic E-state index is 14.7. The number of hydrogen-bond donors (Lipinski definition) is 2. The number of nitrogens with one attached hydrogen (secondary N) is 2. The number of halogens is 1. The van der Waals surface area contributed by atoms with Gasteiger partial charge in [0.1, 0.15) is 18.6 Å². The second kappa shape index (κ2) is 10.8. The largest absolute Gasteiger partial charge is 0.494 e. The van der Waals surface area contributed by atoms with E-state index in [0.29, 0.717) is 18.7 Å². The number of carbonyl (C=O) groups excluding carboxylic acids is 1. The van der Waals surface area contributed by atoms with Gasteiger partial charge in [0.2, 0.25) is 0 Å². The molecule has 1 fully saturated rings. The van der Waals surface area contributed by atoms with Crippen LogP contribution in [-0.2, 0) is 4.79 Å². The Morgan fingerprint density at radius 1 is 1.24 bits per heavy atom. The Labute approximate surface area is 199 Å². The van der Waals surface area contributed by atoms with Crippen molar-refractivity contribution in [3.05, 3.63) is 48.3 Å². The number of ether oxygens (including phenoxy) is 2. The number of hydrogen-bond acceptors (Lipinski definition) is 7. The highest BCUT2D eigenvalue weighted by molar-refractivity contribution is 5.95. The molecule has 0 radical (unpaired) electrons. The van der Waals surface area contributed by atoms with Gasteiger partial charge in [0.25, 0.3) is 0 Å². The van der Waals surface area contributed by atoms with Gasteiger partial charge >= 0.3 is 0 Å². The van der Waals surface area contributed by atoms with E-state index in [1.54, 1.807) is 13.1 Å². The predicted molar refractivity (Wildman–Crippen MR) is 132 cm³/mol. The lowest BCUT2D eigenvalue weighted by Gasteiger charge is -2.23. The Balaban J connectivity index is 1.72. The summed E-state index contributed by atoms with van der Waals surface area (Å²) in [5.74, 6) is 0.710. The minimum atomic E-state index is -0.425. The van der Waals surface area contributed by atoms with Crippen LogP contribution in [-0.4, -0.2) is 64.8 Å². The normalized spacial score (nSPS) is 16.6. The minimum absolute atomic E-state index is 0.159. The number of pyridine rings is 1. The van der Waals surface area contributed by atoms with Crippen LogP contribution in [0.5, 0.6) is 11.5 Å². The fourth-order valence-corrected chi connectivity index (χ4v) is 4.48. The van der Waals surface area contributed by atoms with Crippen LogP contribution in [0.3, 0.4) is 0 Å². The van der Waals surface area contributed by atoms with Crippen LogP contribution < -0.4 is 25.0 Å². The van der Waals surface area contributed by atoms with Gasteiger partial charge in [0.05, 0.1) is 24.4 Å². The summed E-state index contributed by atoms with van der Waals surface area (Å²) in [5.41, 5.74) is 3.27. The third kappa shape index (κ3) is 4.98. The highest BCUT2D eigenvalue weighted by Gasteiger charge is 2.30. The highest BCUT2D eigenvalue weighted by Crippen LogP contribution is 2.37. The van der Waals surface area contributed by atoms with E-state index in [9.17, 15) is 9.18 Å². The van der Waals surface area contributed by atoms with E-state index >= 15 is 0 Å². The average Bonchev–Trinajstić information content (AvgIpc) is 3.34. The van der Waals surface area contributed by atoms with Gasteiger partial charge in [-0.15, -0.1) is 0 Å². The molecule has 1 aliphatic rings. The number of aldehydes is 1. The zero-order chi connectivity index (χ0) is 24.1. The Kier molecular flexibility index (Phi) is 7.59. The zero-order valence-electron chi connectivity index (χ0n) is 19.8. The van der Waals surface area contributed by atoms with Crippen molar-refractivity contribution in [3.8, 4) is 22.8 Å². The first-order valence-corrected chi connectivity index (χ1v) is 11.5. The summed E-state index contributed by atoms with van der Waals surface area (Å²) >= 11 is 0. The summed E-state index contributed by atoms with van der Waals surface area (Å²) in [6.45, 7) is 2.84. The molecule has 2 atom stereocenters. The van der Waals surface area contributed by atoms with Gasteiger partial charge in [-0.2, -0.15) is 0 Å². The number of carbonyl (C=O) groups is 1. The summed E-state index contributed by atoms with van der Waals surface area (Å²) in [6, 6.07) is 12.7. The lowest BCUT2D eigenvalue weighted by molar-refractivity contribution is -0.110. The lowest BCUT2D eigenvalue weighted by Crippen LogP contribution is -2.36. The molecule has 2 aromatic carbocycles. The molecule has 8 heteroatoms. The number of rotatable bonds is 10. The molecule has 3 aromatic rings. The molecule has 0 aliphatic carbocycles. The third-order valence-corrected chi connectivity index (χ3v) is 6.38. The second-order valence-electron chi connectivity index (χ2n) is 8.45. The van der Waals surface area contributed by atoms with Crippen LogP contribution in [0.1, 0.15) is 6.42 Å². The smallest absolute Gasteiger partial charge is 0.165 e. The van der Waals surface area contributed by atoms with E-state index in [2.05, 4.69) is 15.5 Å². The average molecular weight is 467 g/mol. The van der Waals surface area contributed by atoms with Crippen LogP contribution in [0, 0.1) is 11.7 Å². The standard InChI is InChI=1S/C26H31FN4O3/c1-28-9-11-34-19-6-4-17(5-7-19)22-13-25(31-10-8-18(15-31)24(16-32)29-2)20-12-21(27)26(33-3)14-23(20)30-22/h4-7,12-14,16,18,24,28-29H,8-11,15H2,1-3H3/t18-,24?/m0/s1. The van der Waals surface area contributed by atoms with E-state index in [-0.39, 0.29) is 17.7 Å². The van der Waals surface area contributed by atoms with Gasteiger partial charge < -0.3 is 29.8 Å².